The lowest BCUT2D eigenvalue weighted by Gasteiger charge is -2.06. The molecule has 0 aromatic carbocycles. The van der Waals surface area contributed by atoms with Crippen molar-refractivity contribution in [3.05, 3.63) is 41.5 Å². The fourth-order valence-electron chi connectivity index (χ4n) is 2.53. The summed E-state index contributed by atoms with van der Waals surface area (Å²) in [5, 5.41) is 11.3. The van der Waals surface area contributed by atoms with Gasteiger partial charge in [0.15, 0.2) is 11.6 Å². The van der Waals surface area contributed by atoms with Crippen LogP contribution in [-0.4, -0.2) is 30.5 Å². The molecule has 23 heavy (non-hydrogen) atoms. The molecule has 0 fully saturated rings. The maximum atomic E-state index is 12.5. The highest BCUT2D eigenvalue weighted by atomic mass is 16.4. The monoisotopic (exact) mass is 314 g/mol. The minimum atomic E-state index is -0.315. The van der Waals surface area contributed by atoms with Crippen LogP contribution in [0.4, 0.5) is 5.69 Å². The Morgan fingerprint density at radius 2 is 2.17 bits per heavy atom. The maximum absolute atomic E-state index is 12.5. The number of nitrogens with zero attached hydrogens (tertiary/aromatic N) is 5. The zero-order valence-electron chi connectivity index (χ0n) is 13.5. The van der Waals surface area contributed by atoms with Crippen LogP contribution in [0.2, 0.25) is 0 Å². The lowest BCUT2D eigenvalue weighted by molar-refractivity contribution is 0.0995. The molecule has 0 radical (unpaired) electrons. The molecule has 0 unspecified atom stereocenters. The van der Waals surface area contributed by atoms with Crippen LogP contribution < -0.4 is 5.32 Å². The Balaban J connectivity index is 1.95. The second kappa shape index (κ2) is 5.71. The lowest BCUT2D eigenvalue weighted by atomic mass is 10.2. The molecular weight excluding hydrogens is 296 g/mol. The molecule has 1 amide bonds. The van der Waals surface area contributed by atoms with E-state index >= 15 is 0 Å². The minimum Gasteiger partial charge on any atom is -0.456 e. The number of nitrogens with one attached hydrogen (secondary N) is 1. The Labute approximate surface area is 133 Å². The van der Waals surface area contributed by atoms with E-state index in [4.69, 9.17) is 4.42 Å². The van der Waals surface area contributed by atoms with Gasteiger partial charge in [-0.3, -0.25) is 4.79 Å². The van der Waals surface area contributed by atoms with Gasteiger partial charge in [-0.05, 0) is 25.5 Å². The number of aryl methyl sites for hydroxylation is 4. The van der Waals surface area contributed by atoms with Gasteiger partial charge in [-0.1, -0.05) is 6.92 Å². The van der Waals surface area contributed by atoms with E-state index in [1.807, 2.05) is 20.8 Å². The van der Waals surface area contributed by atoms with Gasteiger partial charge in [0.1, 0.15) is 24.1 Å². The molecule has 3 aromatic rings. The molecule has 3 heterocycles. The van der Waals surface area contributed by atoms with E-state index in [2.05, 4.69) is 20.5 Å². The molecule has 1 N–H and O–H groups in total. The molecule has 0 atom stereocenters. The summed E-state index contributed by atoms with van der Waals surface area (Å²) < 4.78 is 8.80. The quantitative estimate of drug-likeness (QED) is 0.795. The van der Waals surface area contributed by atoms with Gasteiger partial charge in [0.2, 0.25) is 0 Å². The summed E-state index contributed by atoms with van der Waals surface area (Å²) in [5.74, 6) is 1.42. The van der Waals surface area contributed by atoms with Crippen LogP contribution in [0.1, 0.15) is 34.5 Å². The summed E-state index contributed by atoms with van der Waals surface area (Å²) >= 11 is 0. The fraction of sp³-hybridized carbons (Fsp3) is 0.333. The normalized spacial score (nSPS) is 11.0. The highest BCUT2D eigenvalue weighted by molar-refractivity contribution is 6.03. The molecule has 0 saturated heterocycles. The summed E-state index contributed by atoms with van der Waals surface area (Å²) in [6.45, 7) is 5.73. The first-order chi connectivity index (χ1) is 11.0. The standard InChI is InChI=1S/C15H18N6O2/c1-5-11-9(2)6-12(23-11)14(22)18-13-10(3)19-20(4)15(13)21-8-16-7-17-21/h6-8H,5H2,1-4H3,(H,18,22). The number of aromatic nitrogens is 5. The van der Waals surface area contributed by atoms with Crippen LogP contribution >= 0.6 is 0 Å². The molecule has 0 aliphatic rings. The zero-order chi connectivity index (χ0) is 16.6. The Morgan fingerprint density at radius 3 is 2.78 bits per heavy atom. The third-order valence-electron chi connectivity index (χ3n) is 3.63. The van der Waals surface area contributed by atoms with Crippen LogP contribution in [0.5, 0.6) is 0 Å². The first-order valence-electron chi connectivity index (χ1n) is 7.30. The summed E-state index contributed by atoms with van der Waals surface area (Å²) in [5.41, 5.74) is 2.23. The molecule has 3 aromatic heterocycles. The Kier molecular flexibility index (Phi) is 3.73. The van der Waals surface area contributed by atoms with Gasteiger partial charge >= 0.3 is 0 Å². The van der Waals surface area contributed by atoms with E-state index in [0.717, 1.165) is 17.7 Å². The van der Waals surface area contributed by atoms with Crippen molar-refractivity contribution in [2.45, 2.75) is 27.2 Å². The summed E-state index contributed by atoms with van der Waals surface area (Å²) in [6.07, 6.45) is 3.73. The van der Waals surface area contributed by atoms with Crippen LogP contribution in [0.15, 0.2) is 23.1 Å². The van der Waals surface area contributed by atoms with Crippen molar-refractivity contribution in [1.82, 2.24) is 24.5 Å². The van der Waals surface area contributed by atoms with Crippen LogP contribution in [0.25, 0.3) is 5.82 Å². The SMILES string of the molecule is CCc1oc(C(=O)Nc2c(C)nn(C)c2-n2cncn2)cc1C. The number of carbonyl (C=O) groups is 1. The van der Waals surface area contributed by atoms with Gasteiger partial charge in [0, 0.05) is 13.5 Å². The van der Waals surface area contributed by atoms with E-state index in [1.165, 1.54) is 6.33 Å². The third-order valence-corrected chi connectivity index (χ3v) is 3.63. The van der Waals surface area contributed by atoms with Crippen LogP contribution in [0.3, 0.4) is 0 Å². The van der Waals surface area contributed by atoms with Gasteiger partial charge < -0.3 is 9.73 Å². The number of furan rings is 1. The van der Waals surface area contributed by atoms with Crippen molar-refractivity contribution in [1.29, 1.82) is 0 Å². The van der Waals surface area contributed by atoms with Gasteiger partial charge in [-0.15, -0.1) is 0 Å². The predicted octanol–water partition coefficient (Wildman–Crippen LogP) is 2.03. The first-order valence-corrected chi connectivity index (χ1v) is 7.30. The number of amides is 1. The Morgan fingerprint density at radius 1 is 1.39 bits per heavy atom. The summed E-state index contributed by atoms with van der Waals surface area (Å²) in [6, 6.07) is 1.75. The topological polar surface area (TPSA) is 90.8 Å². The number of carbonyl (C=O) groups excluding carboxylic acids is 1. The van der Waals surface area contributed by atoms with Crippen molar-refractivity contribution < 1.29 is 9.21 Å². The third kappa shape index (κ3) is 2.63. The molecule has 120 valence electrons. The van der Waals surface area contributed by atoms with Gasteiger partial charge in [0.25, 0.3) is 5.91 Å². The van der Waals surface area contributed by atoms with E-state index in [9.17, 15) is 4.79 Å². The van der Waals surface area contributed by atoms with Gasteiger partial charge in [0.05, 0.1) is 5.69 Å². The second-order valence-corrected chi connectivity index (χ2v) is 5.27. The van der Waals surface area contributed by atoms with Gasteiger partial charge in [-0.2, -0.15) is 10.2 Å². The Bertz CT molecular complexity index is 844. The number of hydrogen-bond donors (Lipinski definition) is 1. The number of anilines is 1. The molecule has 8 nitrogen and oxygen atoms in total. The van der Waals surface area contributed by atoms with Crippen molar-refractivity contribution in [3.8, 4) is 5.82 Å². The lowest BCUT2D eigenvalue weighted by Crippen LogP contribution is -2.14. The van der Waals surface area contributed by atoms with E-state index in [-0.39, 0.29) is 11.7 Å². The van der Waals surface area contributed by atoms with E-state index < -0.39 is 0 Å². The zero-order valence-corrected chi connectivity index (χ0v) is 13.5. The average molecular weight is 314 g/mol. The van der Waals surface area contributed by atoms with Crippen LogP contribution in [-0.2, 0) is 13.5 Å². The predicted molar refractivity (Wildman–Crippen MR) is 83.6 cm³/mol. The largest absolute Gasteiger partial charge is 0.456 e. The van der Waals surface area contributed by atoms with Crippen molar-refractivity contribution in [2.75, 3.05) is 5.32 Å². The molecule has 0 aliphatic heterocycles. The van der Waals surface area contributed by atoms with Crippen molar-refractivity contribution in [3.63, 3.8) is 0 Å². The van der Waals surface area contributed by atoms with Gasteiger partial charge in [-0.25, -0.2) is 14.3 Å². The highest BCUT2D eigenvalue weighted by Crippen LogP contribution is 2.24. The van der Waals surface area contributed by atoms with Crippen LogP contribution in [0, 0.1) is 13.8 Å². The molecule has 0 aliphatic carbocycles. The molecule has 3 rings (SSSR count). The molecule has 8 heteroatoms. The minimum absolute atomic E-state index is 0.284. The Hall–Kier alpha value is -2.90. The number of rotatable bonds is 4. The summed E-state index contributed by atoms with van der Waals surface area (Å²) in [4.78, 5) is 16.4. The summed E-state index contributed by atoms with van der Waals surface area (Å²) in [7, 11) is 1.78. The fourth-order valence-corrected chi connectivity index (χ4v) is 2.53. The highest BCUT2D eigenvalue weighted by Gasteiger charge is 2.21. The smallest absolute Gasteiger partial charge is 0.291 e. The molecule has 0 bridgehead atoms. The van der Waals surface area contributed by atoms with Crippen molar-refractivity contribution in [2.24, 2.45) is 7.05 Å². The van der Waals surface area contributed by atoms with Crippen molar-refractivity contribution >= 4 is 11.6 Å². The molecular formula is C15H18N6O2. The second-order valence-electron chi connectivity index (χ2n) is 5.27. The maximum Gasteiger partial charge on any atom is 0.291 e. The number of hydrogen-bond acceptors (Lipinski definition) is 5. The molecule has 0 spiro atoms. The average Bonchev–Trinajstić information content (AvgIpc) is 3.20. The molecule has 0 saturated carbocycles. The van der Waals surface area contributed by atoms with E-state index in [1.54, 1.807) is 28.8 Å². The first kappa shape index (κ1) is 15.0. The van der Waals surface area contributed by atoms with E-state index in [0.29, 0.717) is 17.2 Å².